The Morgan fingerprint density at radius 3 is 2.24 bits per heavy atom. The van der Waals surface area contributed by atoms with Crippen molar-refractivity contribution in [2.45, 2.75) is 13.8 Å². The predicted octanol–water partition coefficient (Wildman–Crippen LogP) is 6.97. The van der Waals surface area contributed by atoms with Crippen molar-refractivity contribution in [3.05, 3.63) is 88.8 Å². The summed E-state index contributed by atoms with van der Waals surface area (Å²) in [5.41, 5.74) is 12.4. The number of nitrogens with two attached hydrogens (primary N) is 1. The highest BCUT2D eigenvalue weighted by Crippen LogP contribution is 2.43. The topological polar surface area (TPSA) is 113 Å². The number of esters is 1. The number of fused-ring (bicyclic) bond motifs is 1. The van der Waals surface area contributed by atoms with Gasteiger partial charge in [-0.1, -0.05) is 35.9 Å². The van der Waals surface area contributed by atoms with Crippen molar-refractivity contribution in [1.29, 1.82) is 0 Å². The molecule has 0 aliphatic carbocycles. The summed E-state index contributed by atoms with van der Waals surface area (Å²) >= 11 is 1.23. The Labute approximate surface area is 241 Å². The average Bonchev–Trinajstić information content (AvgIpc) is 3.33. The molecule has 0 saturated carbocycles. The van der Waals surface area contributed by atoms with Crippen LogP contribution < -0.4 is 20.5 Å². The van der Waals surface area contributed by atoms with E-state index in [-0.39, 0.29) is 12.5 Å². The van der Waals surface area contributed by atoms with Crippen molar-refractivity contribution in [2.75, 3.05) is 31.9 Å². The minimum absolute atomic E-state index is 0.285. The van der Waals surface area contributed by atoms with Gasteiger partial charge in [-0.05, 0) is 67.4 Å². The van der Waals surface area contributed by atoms with E-state index in [2.05, 4.69) is 5.32 Å². The van der Waals surface area contributed by atoms with Gasteiger partial charge < -0.3 is 25.3 Å². The summed E-state index contributed by atoms with van der Waals surface area (Å²) in [5, 5.41) is 3.56. The molecule has 0 saturated heterocycles. The van der Waals surface area contributed by atoms with E-state index in [0.29, 0.717) is 43.5 Å². The van der Waals surface area contributed by atoms with Gasteiger partial charge in [0, 0.05) is 16.6 Å². The number of anilines is 2. The van der Waals surface area contributed by atoms with Gasteiger partial charge in [0.05, 0.1) is 37.8 Å². The number of hydrogen-bond donors (Lipinski definition) is 2. The predicted molar refractivity (Wildman–Crippen MR) is 163 cm³/mol. The van der Waals surface area contributed by atoms with Gasteiger partial charge in [-0.25, -0.2) is 9.78 Å². The molecule has 0 radical (unpaired) electrons. The number of benzene rings is 3. The lowest BCUT2D eigenvalue weighted by Gasteiger charge is -2.12. The van der Waals surface area contributed by atoms with Crippen LogP contribution in [0.25, 0.3) is 32.6 Å². The van der Waals surface area contributed by atoms with Gasteiger partial charge in [-0.15, -0.1) is 11.3 Å². The number of amides is 1. The first-order chi connectivity index (χ1) is 19.8. The zero-order valence-corrected chi connectivity index (χ0v) is 23.9. The van der Waals surface area contributed by atoms with Crippen molar-refractivity contribution in [2.24, 2.45) is 0 Å². The summed E-state index contributed by atoms with van der Waals surface area (Å²) in [5.74, 6) is 0.388. The summed E-state index contributed by atoms with van der Waals surface area (Å²) in [6.07, 6.45) is 0. The van der Waals surface area contributed by atoms with Crippen LogP contribution in [0.15, 0.2) is 72.8 Å². The van der Waals surface area contributed by atoms with Gasteiger partial charge in [0.1, 0.15) is 9.71 Å². The number of carbonyl (C=O) groups excluding carboxylic acids is 2. The molecule has 0 aliphatic rings. The number of thiophene rings is 1. The highest BCUT2D eigenvalue weighted by molar-refractivity contribution is 7.21. The molecule has 208 valence electrons. The molecule has 0 atom stereocenters. The van der Waals surface area contributed by atoms with Crippen LogP contribution in [0.4, 0.5) is 11.4 Å². The van der Waals surface area contributed by atoms with E-state index in [1.54, 1.807) is 45.4 Å². The molecule has 0 aliphatic heterocycles. The van der Waals surface area contributed by atoms with Crippen LogP contribution in [0, 0.1) is 6.92 Å². The quantitative estimate of drug-likeness (QED) is 0.195. The number of nitrogens with one attached hydrogen (secondary N) is 1. The molecule has 0 fully saturated rings. The number of hydrogen-bond acceptors (Lipinski definition) is 8. The highest BCUT2D eigenvalue weighted by atomic mass is 32.1. The minimum atomic E-state index is -0.419. The Bertz CT molecular complexity index is 1740. The maximum absolute atomic E-state index is 13.4. The lowest BCUT2D eigenvalue weighted by atomic mass is 9.98. The fraction of sp³-hybridized carbons (Fsp3) is 0.156. The normalized spacial score (nSPS) is 10.8. The van der Waals surface area contributed by atoms with Crippen LogP contribution in [0.3, 0.4) is 0 Å². The van der Waals surface area contributed by atoms with Crippen LogP contribution in [0.5, 0.6) is 11.5 Å². The minimum Gasteiger partial charge on any atom is -0.493 e. The average molecular weight is 568 g/mol. The number of nitrogens with zero attached hydrogens (tertiary/aromatic N) is 1. The number of pyridine rings is 1. The smallest absolute Gasteiger partial charge is 0.338 e. The molecule has 0 unspecified atom stereocenters. The third-order valence-electron chi connectivity index (χ3n) is 6.60. The van der Waals surface area contributed by atoms with Crippen LogP contribution in [-0.2, 0) is 4.74 Å². The van der Waals surface area contributed by atoms with E-state index in [0.717, 1.165) is 27.9 Å². The number of methoxy groups -OCH3 is 2. The van der Waals surface area contributed by atoms with Gasteiger partial charge >= 0.3 is 5.97 Å². The third kappa shape index (κ3) is 5.57. The maximum atomic E-state index is 13.4. The van der Waals surface area contributed by atoms with Crippen molar-refractivity contribution in [3.8, 4) is 33.9 Å². The lowest BCUT2D eigenvalue weighted by Crippen LogP contribution is -2.12. The first-order valence-electron chi connectivity index (χ1n) is 12.9. The fourth-order valence-electron chi connectivity index (χ4n) is 4.49. The second-order valence-corrected chi connectivity index (χ2v) is 10.3. The Morgan fingerprint density at radius 2 is 1.59 bits per heavy atom. The second kappa shape index (κ2) is 11.7. The monoisotopic (exact) mass is 567 g/mol. The Kier molecular flexibility index (Phi) is 7.89. The second-order valence-electron chi connectivity index (χ2n) is 9.27. The molecule has 3 N–H and O–H groups in total. The number of rotatable bonds is 8. The Morgan fingerprint density at radius 1 is 0.902 bits per heavy atom. The zero-order valence-electron chi connectivity index (χ0n) is 23.1. The van der Waals surface area contributed by atoms with E-state index >= 15 is 0 Å². The first kappa shape index (κ1) is 27.7. The van der Waals surface area contributed by atoms with Crippen molar-refractivity contribution < 1.29 is 23.8 Å². The molecule has 2 aromatic heterocycles. The zero-order chi connectivity index (χ0) is 29.1. The standard InChI is InChI=1S/C32H29N3O5S/c1-5-40-32(37)20-10-13-22(14-11-20)34-30(36)29-28(33)27-23(21-12-15-25(38-3)26(16-21)39-4)17-24(35-31(27)41-29)19-8-6-18(2)7-9-19/h6-17H,5,33H2,1-4H3,(H,34,36). The van der Waals surface area contributed by atoms with Gasteiger partial charge in [0.25, 0.3) is 5.91 Å². The molecule has 0 bridgehead atoms. The van der Waals surface area contributed by atoms with Crippen LogP contribution >= 0.6 is 11.3 Å². The third-order valence-corrected chi connectivity index (χ3v) is 7.70. The summed E-state index contributed by atoms with van der Waals surface area (Å²) < 4.78 is 16.0. The molecule has 5 rings (SSSR count). The number of nitrogen functional groups attached to an aromatic ring is 1. The highest BCUT2D eigenvalue weighted by Gasteiger charge is 2.22. The summed E-state index contributed by atoms with van der Waals surface area (Å²) in [4.78, 5) is 31.3. The summed E-state index contributed by atoms with van der Waals surface area (Å²) in [6.45, 7) is 4.06. The van der Waals surface area contributed by atoms with Crippen molar-refractivity contribution in [3.63, 3.8) is 0 Å². The number of carbonyl (C=O) groups is 2. The number of aryl methyl sites for hydroxylation is 1. The summed E-state index contributed by atoms with van der Waals surface area (Å²) in [6, 6.07) is 22.2. The molecule has 9 heteroatoms. The van der Waals surface area contributed by atoms with E-state index < -0.39 is 5.97 Å². The van der Waals surface area contributed by atoms with Crippen LogP contribution in [0.2, 0.25) is 0 Å². The molecule has 0 spiro atoms. The van der Waals surface area contributed by atoms with Crippen molar-refractivity contribution in [1.82, 2.24) is 4.98 Å². The van der Waals surface area contributed by atoms with Gasteiger partial charge in [0.2, 0.25) is 0 Å². The maximum Gasteiger partial charge on any atom is 0.338 e. The Balaban J connectivity index is 1.59. The molecule has 2 heterocycles. The molecule has 3 aromatic carbocycles. The molecule has 5 aromatic rings. The fourth-order valence-corrected chi connectivity index (χ4v) is 5.50. The molecular formula is C32H29N3O5S. The molecule has 41 heavy (non-hydrogen) atoms. The SMILES string of the molecule is CCOC(=O)c1ccc(NC(=O)c2sc3nc(-c4ccc(C)cc4)cc(-c4ccc(OC)c(OC)c4)c3c2N)cc1. The van der Waals surface area contributed by atoms with E-state index in [1.165, 1.54) is 11.3 Å². The van der Waals surface area contributed by atoms with E-state index in [4.69, 9.17) is 24.9 Å². The molecule has 8 nitrogen and oxygen atoms in total. The van der Waals surface area contributed by atoms with Crippen LogP contribution in [0.1, 0.15) is 32.5 Å². The summed E-state index contributed by atoms with van der Waals surface area (Å²) in [7, 11) is 3.17. The van der Waals surface area contributed by atoms with E-state index in [1.807, 2.05) is 55.5 Å². The van der Waals surface area contributed by atoms with Gasteiger partial charge in [-0.2, -0.15) is 0 Å². The van der Waals surface area contributed by atoms with Crippen LogP contribution in [-0.4, -0.2) is 37.7 Å². The lowest BCUT2D eigenvalue weighted by molar-refractivity contribution is 0.0526. The number of aromatic nitrogens is 1. The van der Waals surface area contributed by atoms with Crippen molar-refractivity contribution >= 4 is 44.8 Å². The van der Waals surface area contributed by atoms with E-state index in [9.17, 15) is 9.59 Å². The largest absolute Gasteiger partial charge is 0.493 e. The number of ether oxygens (including phenoxy) is 3. The van der Waals surface area contributed by atoms with Gasteiger partial charge in [-0.3, -0.25) is 4.79 Å². The van der Waals surface area contributed by atoms with Gasteiger partial charge in [0.15, 0.2) is 11.5 Å². The Hall–Kier alpha value is -4.89. The molecule has 1 amide bonds. The molecular weight excluding hydrogens is 538 g/mol. The first-order valence-corrected chi connectivity index (χ1v) is 13.8.